The lowest BCUT2D eigenvalue weighted by molar-refractivity contribution is 0.309. The second-order valence-corrected chi connectivity index (χ2v) is 5.60. The predicted octanol–water partition coefficient (Wildman–Crippen LogP) is 1.58. The van der Waals surface area contributed by atoms with E-state index in [1.54, 1.807) is 7.11 Å². The summed E-state index contributed by atoms with van der Waals surface area (Å²) >= 11 is 0. The molecular formula is C15H22N2O2. The summed E-state index contributed by atoms with van der Waals surface area (Å²) in [6.45, 7) is 2.62. The fourth-order valence-corrected chi connectivity index (χ4v) is 3.31. The standard InChI is InChI=1S/C15H22N2O2/c1-17-9-10(8-16)5-13(17)12-6-11-3-4-19-15(11)14(7-12)18-2/h6-7,10,13H,3-5,8-9,16H2,1-2H3. The maximum atomic E-state index is 5.81. The van der Waals surface area contributed by atoms with E-state index < -0.39 is 0 Å². The Morgan fingerprint density at radius 2 is 2.32 bits per heavy atom. The zero-order valence-corrected chi connectivity index (χ0v) is 11.7. The monoisotopic (exact) mass is 262 g/mol. The van der Waals surface area contributed by atoms with Crippen LogP contribution >= 0.6 is 0 Å². The SMILES string of the molecule is COc1cc(C2CC(CN)CN2C)cc2c1OCC2. The average Bonchev–Trinajstić information content (AvgIpc) is 3.03. The molecule has 19 heavy (non-hydrogen) atoms. The summed E-state index contributed by atoms with van der Waals surface area (Å²) < 4.78 is 11.1. The number of ether oxygens (including phenoxy) is 2. The Bertz CT molecular complexity index is 475. The molecule has 0 aliphatic carbocycles. The number of methoxy groups -OCH3 is 1. The Balaban J connectivity index is 1.93. The van der Waals surface area contributed by atoms with Crippen LogP contribution in [0.2, 0.25) is 0 Å². The van der Waals surface area contributed by atoms with Crippen molar-refractivity contribution in [3.63, 3.8) is 0 Å². The first-order valence-electron chi connectivity index (χ1n) is 6.96. The van der Waals surface area contributed by atoms with Crippen molar-refractivity contribution in [2.24, 2.45) is 11.7 Å². The van der Waals surface area contributed by atoms with Crippen molar-refractivity contribution in [3.05, 3.63) is 23.3 Å². The van der Waals surface area contributed by atoms with Crippen LogP contribution in [0.4, 0.5) is 0 Å². The normalized spacial score (nSPS) is 26.3. The van der Waals surface area contributed by atoms with Gasteiger partial charge in [0.05, 0.1) is 13.7 Å². The molecule has 0 amide bonds. The first kappa shape index (κ1) is 12.8. The van der Waals surface area contributed by atoms with E-state index in [2.05, 4.69) is 24.1 Å². The third-order valence-electron chi connectivity index (χ3n) is 4.34. The average molecular weight is 262 g/mol. The zero-order valence-electron chi connectivity index (χ0n) is 11.7. The fraction of sp³-hybridized carbons (Fsp3) is 0.600. The molecule has 2 N–H and O–H groups in total. The van der Waals surface area contributed by atoms with Crippen LogP contribution in [0.15, 0.2) is 12.1 Å². The number of nitrogens with zero attached hydrogens (tertiary/aromatic N) is 1. The first-order chi connectivity index (χ1) is 9.22. The number of benzene rings is 1. The smallest absolute Gasteiger partial charge is 0.164 e. The summed E-state index contributed by atoms with van der Waals surface area (Å²) in [5.41, 5.74) is 8.42. The number of likely N-dealkylation sites (tertiary alicyclic amines) is 1. The minimum absolute atomic E-state index is 0.452. The van der Waals surface area contributed by atoms with Gasteiger partial charge in [0.1, 0.15) is 0 Å². The van der Waals surface area contributed by atoms with Gasteiger partial charge in [0.2, 0.25) is 0 Å². The topological polar surface area (TPSA) is 47.7 Å². The van der Waals surface area contributed by atoms with Gasteiger partial charge in [-0.05, 0) is 37.6 Å². The third kappa shape index (κ3) is 2.19. The summed E-state index contributed by atoms with van der Waals surface area (Å²) in [7, 11) is 3.89. The molecule has 3 rings (SSSR count). The highest BCUT2D eigenvalue weighted by atomic mass is 16.5. The minimum atomic E-state index is 0.452. The van der Waals surface area contributed by atoms with Gasteiger partial charge in [-0.1, -0.05) is 6.07 Å². The Kier molecular flexibility index (Phi) is 3.37. The molecule has 2 aliphatic rings. The van der Waals surface area contributed by atoms with E-state index in [1.807, 2.05) is 0 Å². The van der Waals surface area contributed by atoms with Gasteiger partial charge >= 0.3 is 0 Å². The molecule has 0 saturated carbocycles. The van der Waals surface area contributed by atoms with E-state index >= 15 is 0 Å². The maximum absolute atomic E-state index is 5.81. The summed E-state index contributed by atoms with van der Waals surface area (Å²) in [6, 6.07) is 4.86. The van der Waals surface area contributed by atoms with Crippen molar-refractivity contribution in [1.29, 1.82) is 0 Å². The van der Waals surface area contributed by atoms with Gasteiger partial charge in [0.15, 0.2) is 11.5 Å². The van der Waals surface area contributed by atoms with Crippen LogP contribution in [-0.4, -0.2) is 38.8 Å². The first-order valence-corrected chi connectivity index (χ1v) is 6.96. The molecule has 2 unspecified atom stereocenters. The van der Waals surface area contributed by atoms with E-state index in [1.165, 1.54) is 11.1 Å². The van der Waals surface area contributed by atoms with E-state index in [9.17, 15) is 0 Å². The Morgan fingerprint density at radius 1 is 1.47 bits per heavy atom. The predicted molar refractivity (Wildman–Crippen MR) is 74.7 cm³/mol. The molecule has 1 saturated heterocycles. The van der Waals surface area contributed by atoms with E-state index in [-0.39, 0.29) is 0 Å². The number of hydrogen-bond donors (Lipinski definition) is 1. The van der Waals surface area contributed by atoms with Gasteiger partial charge in [-0.25, -0.2) is 0 Å². The molecule has 104 valence electrons. The largest absolute Gasteiger partial charge is 0.493 e. The van der Waals surface area contributed by atoms with Crippen molar-refractivity contribution in [2.75, 3.05) is 33.9 Å². The van der Waals surface area contributed by atoms with Gasteiger partial charge in [0.25, 0.3) is 0 Å². The van der Waals surface area contributed by atoms with Crippen LogP contribution < -0.4 is 15.2 Å². The van der Waals surface area contributed by atoms with E-state index in [0.717, 1.165) is 44.0 Å². The highest BCUT2D eigenvalue weighted by Crippen LogP contribution is 2.42. The molecule has 1 aromatic rings. The van der Waals surface area contributed by atoms with Gasteiger partial charge in [-0.2, -0.15) is 0 Å². The lowest BCUT2D eigenvalue weighted by Crippen LogP contribution is -2.20. The number of fused-ring (bicyclic) bond motifs is 1. The zero-order chi connectivity index (χ0) is 13.4. The highest BCUT2D eigenvalue weighted by Gasteiger charge is 2.31. The Morgan fingerprint density at radius 3 is 3.00 bits per heavy atom. The molecule has 2 atom stereocenters. The van der Waals surface area contributed by atoms with Gasteiger partial charge in [-0.15, -0.1) is 0 Å². The lowest BCUT2D eigenvalue weighted by atomic mass is 9.97. The molecule has 4 nitrogen and oxygen atoms in total. The molecular weight excluding hydrogens is 240 g/mol. The van der Waals surface area contributed by atoms with Crippen molar-refractivity contribution in [2.45, 2.75) is 18.9 Å². The van der Waals surface area contributed by atoms with Crippen molar-refractivity contribution < 1.29 is 9.47 Å². The molecule has 1 fully saturated rings. The second kappa shape index (κ2) is 5.02. The van der Waals surface area contributed by atoms with Gasteiger partial charge in [-0.3, -0.25) is 4.90 Å². The summed E-state index contributed by atoms with van der Waals surface area (Å²) in [5.74, 6) is 2.40. The lowest BCUT2D eigenvalue weighted by Gasteiger charge is -2.21. The number of nitrogens with two attached hydrogens (primary N) is 1. The quantitative estimate of drug-likeness (QED) is 0.898. The molecule has 2 aliphatic heterocycles. The Labute approximate surface area is 114 Å². The van der Waals surface area contributed by atoms with E-state index in [4.69, 9.17) is 15.2 Å². The molecule has 0 radical (unpaired) electrons. The number of hydrogen-bond acceptors (Lipinski definition) is 4. The van der Waals surface area contributed by atoms with Crippen LogP contribution in [0.3, 0.4) is 0 Å². The Hall–Kier alpha value is -1.26. The van der Waals surface area contributed by atoms with Gasteiger partial charge in [0, 0.05) is 24.6 Å². The van der Waals surface area contributed by atoms with Crippen LogP contribution in [0.5, 0.6) is 11.5 Å². The van der Waals surface area contributed by atoms with Crippen molar-refractivity contribution >= 4 is 0 Å². The van der Waals surface area contributed by atoms with Crippen molar-refractivity contribution in [3.8, 4) is 11.5 Å². The maximum Gasteiger partial charge on any atom is 0.164 e. The minimum Gasteiger partial charge on any atom is -0.493 e. The molecule has 4 heteroatoms. The van der Waals surface area contributed by atoms with Crippen LogP contribution in [0.1, 0.15) is 23.6 Å². The van der Waals surface area contributed by atoms with E-state index in [0.29, 0.717) is 12.0 Å². The van der Waals surface area contributed by atoms with Crippen LogP contribution in [0, 0.1) is 5.92 Å². The number of rotatable bonds is 3. The van der Waals surface area contributed by atoms with Crippen LogP contribution in [0.25, 0.3) is 0 Å². The molecule has 0 spiro atoms. The second-order valence-electron chi connectivity index (χ2n) is 5.60. The van der Waals surface area contributed by atoms with Crippen LogP contribution in [-0.2, 0) is 6.42 Å². The van der Waals surface area contributed by atoms with Gasteiger partial charge < -0.3 is 15.2 Å². The fourth-order valence-electron chi connectivity index (χ4n) is 3.31. The summed E-state index contributed by atoms with van der Waals surface area (Å²) in [6.07, 6.45) is 2.12. The van der Waals surface area contributed by atoms with Crippen molar-refractivity contribution in [1.82, 2.24) is 4.90 Å². The third-order valence-corrected chi connectivity index (χ3v) is 4.34. The molecule has 0 aromatic heterocycles. The molecule has 1 aromatic carbocycles. The summed E-state index contributed by atoms with van der Waals surface area (Å²) in [5, 5.41) is 0. The summed E-state index contributed by atoms with van der Waals surface area (Å²) in [4.78, 5) is 2.40. The molecule has 2 heterocycles. The molecule has 0 bridgehead atoms. The highest BCUT2D eigenvalue weighted by molar-refractivity contribution is 5.52.